The Kier molecular flexibility index (Phi) is 15.5. The molecule has 486 valence electrons. The molecule has 0 saturated heterocycles. The van der Waals surface area contributed by atoms with Gasteiger partial charge in [-0.25, -0.2) is 4.79 Å². The van der Waals surface area contributed by atoms with E-state index >= 15 is 9.90 Å². The van der Waals surface area contributed by atoms with Gasteiger partial charge in [-0.15, -0.1) is 0 Å². The molecule has 2 bridgehead atoms. The van der Waals surface area contributed by atoms with Crippen molar-refractivity contribution in [3.05, 3.63) is 179 Å². The molecule has 7 fully saturated rings. The number of benzene rings is 5. The van der Waals surface area contributed by atoms with Gasteiger partial charge in [-0.05, 0) is 242 Å². The summed E-state index contributed by atoms with van der Waals surface area (Å²) in [6.45, 7) is 7.13. The van der Waals surface area contributed by atoms with Gasteiger partial charge in [-0.3, -0.25) is 4.79 Å². The fourth-order valence-electron chi connectivity index (χ4n) is 25.5. The molecule has 7 heteroatoms. The smallest absolute Gasteiger partial charge is 0.331 e. The third-order valence-electron chi connectivity index (χ3n) is 29.4. The van der Waals surface area contributed by atoms with Crippen LogP contribution in [0.4, 0.5) is 0 Å². The molecule has 1 aliphatic heterocycles. The molecular formula is C85H104O7. The minimum absolute atomic E-state index is 0.0744. The number of hydrogen-bond donors (Lipinski definition) is 3. The normalized spacial score (nSPS) is 39.8. The van der Waals surface area contributed by atoms with Crippen LogP contribution < -0.4 is 0 Å². The molecule has 0 unspecified atom stereocenters. The van der Waals surface area contributed by atoms with Gasteiger partial charge in [0.2, 0.25) is 0 Å². The minimum Gasteiger partial charge on any atom is -0.462 e. The van der Waals surface area contributed by atoms with E-state index in [-0.39, 0.29) is 59.0 Å². The molecule has 0 radical (unpaired) electrons. The topological polar surface area (TPSA) is 113 Å². The minimum atomic E-state index is -1.67. The number of aliphatic hydroxyl groups excluding tert-OH is 1. The molecule has 18 atom stereocenters. The first-order chi connectivity index (χ1) is 44.6. The van der Waals surface area contributed by atoms with Crippen LogP contribution in [-0.2, 0) is 37.3 Å². The predicted octanol–water partition coefficient (Wildman–Crippen LogP) is 18.3. The molecule has 7 saturated carbocycles. The second-order valence-electron chi connectivity index (χ2n) is 33.6. The van der Waals surface area contributed by atoms with Crippen LogP contribution in [0.25, 0.3) is 10.8 Å². The molecule has 0 amide bonds. The van der Waals surface area contributed by atoms with E-state index in [0.29, 0.717) is 68.1 Å². The lowest BCUT2D eigenvalue weighted by atomic mass is 9.31. The molecule has 0 aromatic heterocycles. The first kappa shape index (κ1) is 61.5. The number of hydrogen-bond acceptors (Lipinski definition) is 7. The zero-order chi connectivity index (χ0) is 62.9. The maximum atomic E-state index is 15.8. The van der Waals surface area contributed by atoms with Crippen molar-refractivity contribution in [2.75, 3.05) is 6.61 Å². The van der Waals surface area contributed by atoms with Crippen LogP contribution in [0.2, 0.25) is 0 Å². The Bertz CT molecular complexity index is 3640. The Labute approximate surface area is 549 Å². The van der Waals surface area contributed by atoms with Crippen LogP contribution in [0.5, 0.6) is 0 Å². The van der Waals surface area contributed by atoms with Gasteiger partial charge in [0.1, 0.15) is 12.7 Å². The lowest BCUT2D eigenvalue weighted by Crippen LogP contribution is -2.83. The summed E-state index contributed by atoms with van der Waals surface area (Å²) >= 11 is 0. The van der Waals surface area contributed by atoms with E-state index in [1.165, 1.54) is 80.7 Å². The summed E-state index contributed by atoms with van der Waals surface area (Å²) in [7, 11) is 0. The number of aryl methyl sites for hydroxylation is 1. The van der Waals surface area contributed by atoms with Crippen molar-refractivity contribution in [1.29, 1.82) is 0 Å². The van der Waals surface area contributed by atoms with Crippen LogP contribution in [-0.4, -0.2) is 57.3 Å². The van der Waals surface area contributed by atoms with E-state index < -0.39 is 45.6 Å². The van der Waals surface area contributed by atoms with Crippen LogP contribution in [0, 0.1) is 62.6 Å². The summed E-state index contributed by atoms with van der Waals surface area (Å²) in [6.07, 6.45) is 30.8. The summed E-state index contributed by atoms with van der Waals surface area (Å²) in [6, 6.07) is 45.9. The Balaban J connectivity index is 0.828. The van der Waals surface area contributed by atoms with Crippen LogP contribution in [0.3, 0.4) is 0 Å². The molecule has 92 heavy (non-hydrogen) atoms. The van der Waals surface area contributed by atoms with Gasteiger partial charge >= 0.3 is 11.9 Å². The Morgan fingerprint density at radius 2 is 1.46 bits per heavy atom. The Morgan fingerprint density at radius 3 is 2.23 bits per heavy atom. The van der Waals surface area contributed by atoms with Crippen molar-refractivity contribution >= 4 is 22.7 Å². The Morgan fingerprint density at radius 1 is 0.696 bits per heavy atom. The Hall–Kier alpha value is -5.34. The molecule has 11 aliphatic rings. The summed E-state index contributed by atoms with van der Waals surface area (Å²) in [5.41, 5.74) is 3.99. The fraction of sp³-hybridized carbons (Fsp3) is 0.600. The average Bonchev–Trinajstić information content (AvgIpc) is 0.799. The molecule has 16 rings (SSSR count). The van der Waals surface area contributed by atoms with E-state index in [1.54, 1.807) is 33.7 Å². The van der Waals surface area contributed by atoms with E-state index in [9.17, 15) is 15.0 Å². The quantitative estimate of drug-likeness (QED) is 0.0666. The first-order valence-corrected chi connectivity index (χ1v) is 37.1. The summed E-state index contributed by atoms with van der Waals surface area (Å²) in [5, 5.41) is 46.7. The second kappa shape index (κ2) is 23.2. The summed E-state index contributed by atoms with van der Waals surface area (Å²) in [5.74, 6) is 1.27. The van der Waals surface area contributed by atoms with Gasteiger partial charge in [0, 0.05) is 22.8 Å². The zero-order valence-electron chi connectivity index (χ0n) is 55.6. The standard InChI is InChI=1S/C85H104O7/c1-56(20-17-25-57-21-7-4-8-22-57)35-44-83(89)47-46-78(2)53-70(92-77(88)62-28-18-26-59(49-62)48-58-23-9-5-10-24-58)76-79(3,42-38-71(86)85(76,83)84(78,90)45-36-60-50-72(87)91-54-60)64-37-43-82-55-80(39-15-16-40-80)69-52-81(63-29-11-6-12-30-63)41-14-13-32-67(81)66-34-33-61-27-19-31-65(68(82)51-64)73(61)74(66)75(69)82/h4-12,19,21-24,27,29-31,33-34,46-47,50,56,59,62,64,67-71,75-76,86,89-90H,13-18,20,25-26,28,32,35-45,48-49,51-55H2,1-3H3/t56-,59-,62-,64-,67-,68+,69+,70-,71-,75+,76+,78+,79+,81+,82-,83+,84-,85+/m1/s1. The highest BCUT2D eigenvalue weighted by molar-refractivity contribution is 5.93. The van der Waals surface area contributed by atoms with Crippen LogP contribution in [0.15, 0.2) is 145 Å². The van der Waals surface area contributed by atoms with Crippen LogP contribution >= 0.6 is 0 Å². The molecular weight excluding hydrogens is 1130 g/mol. The van der Waals surface area contributed by atoms with E-state index in [1.807, 2.05) is 6.08 Å². The van der Waals surface area contributed by atoms with Crippen molar-refractivity contribution in [2.45, 2.75) is 247 Å². The van der Waals surface area contributed by atoms with Crippen molar-refractivity contribution in [1.82, 2.24) is 0 Å². The molecule has 3 spiro atoms. The van der Waals surface area contributed by atoms with Gasteiger partial charge in [-0.2, -0.15) is 0 Å². The predicted molar refractivity (Wildman–Crippen MR) is 365 cm³/mol. The maximum absolute atomic E-state index is 15.8. The highest BCUT2D eigenvalue weighted by atomic mass is 16.5. The second-order valence-corrected chi connectivity index (χ2v) is 33.6. The first-order valence-electron chi connectivity index (χ1n) is 37.1. The number of fused-ring (bicyclic) bond motifs is 5. The van der Waals surface area contributed by atoms with E-state index in [2.05, 4.69) is 148 Å². The third kappa shape index (κ3) is 9.36. The molecule has 5 aromatic rings. The molecule has 5 aromatic carbocycles. The van der Waals surface area contributed by atoms with E-state index in [4.69, 9.17) is 9.47 Å². The number of esters is 2. The number of rotatable bonds is 16. The van der Waals surface area contributed by atoms with E-state index in [0.717, 1.165) is 76.2 Å². The van der Waals surface area contributed by atoms with Crippen molar-refractivity contribution in [2.24, 2.45) is 62.6 Å². The van der Waals surface area contributed by atoms with Crippen molar-refractivity contribution in [3.8, 4) is 0 Å². The zero-order valence-corrected chi connectivity index (χ0v) is 55.6. The number of cyclic esters (lactones) is 1. The van der Waals surface area contributed by atoms with Crippen LogP contribution in [0.1, 0.15) is 239 Å². The van der Waals surface area contributed by atoms with Crippen molar-refractivity contribution in [3.63, 3.8) is 0 Å². The highest BCUT2D eigenvalue weighted by Gasteiger charge is 2.82. The fourth-order valence-corrected chi connectivity index (χ4v) is 25.5. The van der Waals surface area contributed by atoms with Crippen molar-refractivity contribution < 1.29 is 34.4 Å². The number of carbonyl (C=O) groups is 2. The maximum Gasteiger partial charge on any atom is 0.331 e. The number of carbonyl (C=O) groups excluding carboxylic acids is 2. The lowest BCUT2D eigenvalue weighted by Gasteiger charge is -2.76. The molecule has 1 heterocycles. The van der Waals surface area contributed by atoms with Gasteiger partial charge in [-0.1, -0.05) is 199 Å². The molecule has 10 aliphatic carbocycles. The largest absolute Gasteiger partial charge is 0.462 e. The van der Waals surface area contributed by atoms with Gasteiger partial charge < -0.3 is 24.8 Å². The molecule has 3 N–H and O–H groups in total. The van der Waals surface area contributed by atoms with Gasteiger partial charge in [0.15, 0.2) is 0 Å². The average molecular weight is 1240 g/mol. The monoisotopic (exact) mass is 1240 g/mol. The third-order valence-corrected chi connectivity index (χ3v) is 29.4. The number of aliphatic hydroxyl groups is 3. The molecule has 7 nitrogen and oxygen atoms in total. The lowest BCUT2D eigenvalue weighted by molar-refractivity contribution is -0.363. The SMILES string of the molecule is C[C@H](CCCc1ccccc1)CC[C@]1(O)C=C[C@@]2(C)C[C@@H](OC(=O)[C@@H]3CCC[C@H](Cc4ccccc4)C3)[C@H]3[C@](C)([C@@H]4CC[C@]56CC7(CCCC7)[C@H]7C[C@]8(c9ccccc9)CCCC[C@@H]8c8ccc9cccc(c9c8[C@H]75)[C@@H]6C4)CC[C@@H](O)[C@]31[C@@]2(O)CCC1=CC(=O)OC1. The summed E-state index contributed by atoms with van der Waals surface area (Å²) < 4.78 is 13.1. The number of ether oxygens (including phenoxy) is 2. The summed E-state index contributed by atoms with van der Waals surface area (Å²) in [4.78, 5) is 28.6. The highest BCUT2D eigenvalue weighted by Crippen LogP contribution is 2.82. The van der Waals surface area contributed by atoms with Gasteiger partial charge in [0.25, 0.3) is 0 Å². The van der Waals surface area contributed by atoms with Gasteiger partial charge in [0.05, 0.1) is 28.6 Å².